The molecule has 17 heavy (non-hydrogen) atoms. The lowest BCUT2D eigenvalue weighted by Crippen LogP contribution is -1.86. The van der Waals surface area contributed by atoms with Crippen LogP contribution in [0.3, 0.4) is 0 Å². The maximum atomic E-state index is 5.45. The lowest BCUT2D eigenvalue weighted by atomic mass is 9.98. The van der Waals surface area contributed by atoms with Gasteiger partial charge in [0.05, 0.1) is 6.26 Å². The Labute approximate surface area is 101 Å². The summed E-state index contributed by atoms with van der Waals surface area (Å²) in [5.74, 6) is 0. The Bertz CT molecular complexity index is 649. The molecule has 3 aromatic rings. The molecule has 0 fully saturated rings. The SMILES string of the molecule is CCc1ccccc1-c1ccc2ccoc2c1. The summed E-state index contributed by atoms with van der Waals surface area (Å²) in [7, 11) is 0. The van der Waals surface area contributed by atoms with E-state index in [-0.39, 0.29) is 0 Å². The average Bonchev–Trinajstić information content (AvgIpc) is 2.85. The van der Waals surface area contributed by atoms with Gasteiger partial charge in [0.1, 0.15) is 5.58 Å². The van der Waals surface area contributed by atoms with Crippen LogP contribution in [0.4, 0.5) is 0 Å². The average molecular weight is 222 g/mol. The zero-order chi connectivity index (χ0) is 11.7. The van der Waals surface area contributed by atoms with E-state index in [2.05, 4.69) is 49.4 Å². The van der Waals surface area contributed by atoms with Crippen LogP contribution in [0, 0.1) is 0 Å². The van der Waals surface area contributed by atoms with Gasteiger partial charge >= 0.3 is 0 Å². The van der Waals surface area contributed by atoms with Crippen molar-refractivity contribution in [3.05, 3.63) is 60.4 Å². The van der Waals surface area contributed by atoms with Crippen LogP contribution in [0.1, 0.15) is 12.5 Å². The molecule has 0 amide bonds. The van der Waals surface area contributed by atoms with Crippen LogP contribution in [0.15, 0.2) is 59.2 Å². The normalized spacial score (nSPS) is 10.9. The number of aryl methyl sites for hydroxylation is 1. The number of benzene rings is 2. The Kier molecular flexibility index (Phi) is 2.45. The second-order valence-corrected chi connectivity index (χ2v) is 4.18. The fourth-order valence-corrected chi connectivity index (χ4v) is 2.23. The van der Waals surface area contributed by atoms with Crippen LogP contribution in [0.2, 0.25) is 0 Å². The molecule has 0 spiro atoms. The van der Waals surface area contributed by atoms with Crippen molar-refractivity contribution in [2.24, 2.45) is 0 Å². The van der Waals surface area contributed by atoms with Gasteiger partial charge in [0.15, 0.2) is 0 Å². The molecule has 1 heterocycles. The highest BCUT2D eigenvalue weighted by Gasteiger charge is 2.04. The second kappa shape index (κ2) is 4.10. The highest BCUT2D eigenvalue weighted by Crippen LogP contribution is 2.27. The van der Waals surface area contributed by atoms with Crippen LogP contribution in [0.25, 0.3) is 22.1 Å². The molecular formula is C16H14O. The van der Waals surface area contributed by atoms with Gasteiger partial charge in [-0.25, -0.2) is 0 Å². The summed E-state index contributed by atoms with van der Waals surface area (Å²) in [6.45, 7) is 2.18. The minimum atomic E-state index is 0.952. The second-order valence-electron chi connectivity index (χ2n) is 4.18. The molecule has 0 saturated carbocycles. The van der Waals surface area contributed by atoms with Gasteiger partial charge in [0.2, 0.25) is 0 Å². The van der Waals surface area contributed by atoms with E-state index < -0.39 is 0 Å². The molecule has 0 unspecified atom stereocenters. The molecule has 0 saturated heterocycles. The van der Waals surface area contributed by atoms with E-state index in [1.54, 1.807) is 6.26 Å². The number of rotatable bonds is 2. The number of fused-ring (bicyclic) bond motifs is 1. The van der Waals surface area contributed by atoms with Gasteiger partial charge in [-0.2, -0.15) is 0 Å². The van der Waals surface area contributed by atoms with Crippen molar-refractivity contribution in [1.82, 2.24) is 0 Å². The van der Waals surface area contributed by atoms with Gasteiger partial charge in [-0.3, -0.25) is 0 Å². The van der Waals surface area contributed by atoms with Gasteiger partial charge in [0.25, 0.3) is 0 Å². The van der Waals surface area contributed by atoms with E-state index in [1.165, 1.54) is 16.7 Å². The topological polar surface area (TPSA) is 13.1 Å². The smallest absolute Gasteiger partial charge is 0.134 e. The highest BCUT2D eigenvalue weighted by molar-refractivity contribution is 5.83. The Morgan fingerprint density at radius 2 is 1.88 bits per heavy atom. The van der Waals surface area contributed by atoms with Crippen molar-refractivity contribution in [2.45, 2.75) is 13.3 Å². The van der Waals surface area contributed by atoms with Crippen LogP contribution >= 0.6 is 0 Å². The number of hydrogen-bond donors (Lipinski definition) is 0. The first-order chi connectivity index (χ1) is 8.38. The molecule has 1 nitrogen and oxygen atoms in total. The summed E-state index contributed by atoms with van der Waals surface area (Å²) < 4.78 is 5.45. The first kappa shape index (κ1) is 10.2. The molecule has 0 aliphatic heterocycles. The molecule has 0 bridgehead atoms. The fourth-order valence-electron chi connectivity index (χ4n) is 2.23. The minimum absolute atomic E-state index is 0.952. The van der Waals surface area contributed by atoms with Crippen molar-refractivity contribution in [1.29, 1.82) is 0 Å². The maximum absolute atomic E-state index is 5.45. The Balaban J connectivity index is 2.19. The van der Waals surface area contributed by atoms with Crippen molar-refractivity contribution in [2.75, 3.05) is 0 Å². The number of furan rings is 1. The highest BCUT2D eigenvalue weighted by atomic mass is 16.3. The summed E-state index contributed by atoms with van der Waals surface area (Å²) in [6, 6.07) is 16.9. The quantitative estimate of drug-likeness (QED) is 0.614. The van der Waals surface area contributed by atoms with Crippen LogP contribution in [-0.2, 0) is 6.42 Å². The van der Waals surface area contributed by atoms with Crippen LogP contribution in [0.5, 0.6) is 0 Å². The van der Waals surface area contributed by atoms with Crippen molar-refractivity contribution < 1.29 is 4.42 Å². The van der Waals surface area contributed by atoms with Crippen molar-refractivity contribution in [3.63, 3.8) is 0 Å². The Morgan fingerprint density at radius 1 is 1.00 bits per heavy atom. The van der Waals surface area contributed by atoms with Crippen LogP contribution < -0.4 is 0 Å². The largest absolute Gasteiger partial charge is 0.464 e. The molecule has 1 aromatic heterocycles. The lowest BCUT2D eigenvalue weighted by molar-refractivity contribution is 0.616. The zero-order valence-corrected chi connectivity index (χ0v) is 9.81. The van der Waals surface area contributed by atoms with E-state index in [0.29, 0.717) is 0 Å². The summed E-state index contributed by atoms with van der Waals surface area (Å²) in [6.07, 6.45) is 2.78. The molecule has 2 aromatic carbocycles. The maximum Gasteiger partial charge on any atom is 0.134 e. The molecule has 0 aliphatic carbocycles. The monoisotopic (exact) mass is 222 g/mol. The Morgan fingerprint density at radius 3 is 2.76 bits per heavy atom. The van der Waals surface area contributed by atoms with E-state index in [1.807, 2.05) is 6.07 Å². The predicted octanol–water partition coefficient (Wildman–Crippen LogP) is 4.66. The van der Waals surface area contributed by atoms with Gasteiger partial charge < -0.3 is 4.42 Å². The molecule has 1 heteroatoms. The first-order valence-corrected chi connectivity index (χ1v) is 5.94. The number of hydrogen-bond acceptors (Lipinski definition) is 1. The molecule has 0 N–H and O–H groups in total. The summed E-state index contributed by atoms with van der Waals surface area (Å²) in [5, 5.41) is 1.16. The molecule has 84 valence electrons. The standard InChI is InChI=1S/C16H14O/c1-2-12-5-3-4-6-15(12)14-8-7-13-9-10-17-16(13)11-14/h3-11H,2H2,1H3. The first-order valence-electron chi connectivity index (χ1n) is 5.94. The third-order valence-electron chi connectivity index (χ3n) is 3.17. The summed E-state index contributed by atoms with van der Waals surface area (Å²) in [5.41, 5.74) is 4.85. The predicted molar refractivity (Wildman–Crippen MR) is 71.0 cm³/mol. The van der Waals surface area contributed by atoms with Gasteiger partial charge in [-0.05, 0) is 35.2 Å². The third kappa shape index (κ3) is 1.74. The van der Waals surface area contributed by atoms with Gasteiger partial charge in [-0.15, -0.1) is 0 Å². The van der Waals surface area contributed by atoms with E-state index >= 15 is 0 Å². The zero-order valence-electron chi connectivity index (χ0n) is 9.81. The Hall–Kier alpha value is -2.02. The molecular weight excluding hydrogens is 208 g/mol. The summed E-state index contributed by atoms with van der Waals surface area (Å²) in [4.78, 5) is 0. The van der Waals surface area contributed by atoms with Crippen molar-refractivity contribution >= 4 is 11.0 Å². The molecule has 0 aliphatic rings. The van der Waals surface area contributed by atoms with Gasteiger partial charge in [0, 0.05) is 5.39 Å². The molecule has 0 atom stereocenters. The van der Waals surface area contributed by atoms with E-state index in [4.69, 9.17) is 4.42 Å². The molecule has 0 radical (unpaired) electrons. The van der Waals surface area contributed by atoms with Crippen LogP contribution in [-0.4, -0.2) is 0 Å². The van der Waals surface area contributed by atoms with Crippen molar-refractivity contribution in [3.8, 4) is 11.1 Å². The minimum Gasteiger partial charge on any atom is -0.464 e. The van der Waals surface area contributed by atoms with E-state index in [9.17, 15) is 0 Å². The summed E-state index contributed by atoms with van der Waals surface area (Å²) >= 11 is 0. The fraction of sp³-hybridized carbons (Fsp3) is 0.125. The molecule has 3 rings (SSSR count). The third-order valence-corrected chi connectivity index (χ3v) is 3.17. The lowest BCUT2D eigenvalue weighted by Gasteiger charge is -2.07. The van der Waals surface area contributed by atoms with Gasteiger partial charge in [-0.1, -0.05) is 43.3 Å². The van der Waals surface area contributed by atoms with E-state index in [0.717, 1.165) is 17.4 Å².